The summed E-state index contributed by atoms with van der Waals surface area (Å²) >= 11 is 0. The number of aliphatic hydroxyl groups excluding tert-OH is 1. The first kappa shape index (κ1) is 20.4. The summed E-state index contributed by atoms with van der Waals surface area (Å²) in [6, 6.07) is 8.45. The van der Waals surface area contributed by atoms with Crippen molar-refractivity contribution in [1.29, 1.82) is 0 Å². The molecule has 2 nitrogen and oxygen atoms in total. The van der Waals surface area contributed by atoms with Gasteiger partial charge in [0, 0.05) is 16.8 Å². The topological polar surface area (TPSA) is 33.1 Å². The lowest BCUT2D eigenvalue weighted by molar-refractivity contribution is 0.280. The molecular weight excluding hydrogens is 318 g/mol. The van der Waals surface area contributed by atoms with Crippen LogP contribution < -0.4 is 0 Å². The van der Waals surface area contributed by atoms with Crippen LogP contribution in [0.5, 0.6) is 0 Å². The van der Waals surface area contributed by atoms with Gasteiger partial charge in [-0.3, -0.25) is 4.98 Å². The van der Waals surface area contributed by atoms with Crippen molar-refractivity contribution in [3.05, 3.63) is 58.4 Å². The molecule has 0 saturated carbocycles. The maximum Gasteiger partial charge on any atom is 0.0706 e. The van der Waals surface area contributed by atoms with E-state index in [0.717, 1.165) is 40.9 Å². The monoisotopic (exact) mass is 351 g/mol. The molecule has 0 bridgehead atoms. The smallest absolute Gasteiger partial charge is 0.0706 e. The van der Waals surface area contributed by atoms with E-state index in [2.05, 4.69) is 78.0 Å². The summed E-state index contributed by atoms with van der Waals surface area (Å²) in [5.41, 5.74) is 7.84. The maximum absolute atomic E-state index is 10.3. The highest BCUT2D eigenvalue weighted by atomic mass is 16.3. The van der Waals surface area contributed by atoms with Crippen molar-refractivity contribution in [2.45, 2.75) is 72.8 Å². The minimum atomic E-state index is 0.0111. The fourth-order valence-electron chi connectivity index (χ4n) is 3.45. The van der Waals surface area contributed by atoms with Gasteiger partial charge in [0.05, 0.1) is 12.3 Å². The van der Waals surface area contributed by atoms with Gasteiger partial charge < -0.3 is 5.11 Å². The lowest BCUT2D eigenvalue weighted by Crippen LogP contribution is -2.11. The number of aryl methyl sites for hydroxylation is 1. The van der Waals surface area contributed by atoms with Gasteiger partial charge in [-0.25, -0.2) is 0 Å². The quantitative estimate of drug-likeness (QED) is 0.609. The van der Waals surface area contributed by atoms with E-state index >= 15 is 0 Å². The van der Waals surface area contributed by atoms with Crippen molar-refractivity contribution < 1.29 is 5.11 Å². The minimum Gasteiger partial charge on any atom is -0.392 e. The van der Waals surface area contributed by atoms with Crippen LogP contribution in [0, 0.1) is 6.92 Å². The zero-order valence-corrected chi connectivity index (χ0v) is 17.1. The molecule has 0 amide bonds. The molecule has 0 saturated heterocycles. The Morgan fingerprint density at radius 1 is 1.04 bits per heavy atom. The van der Waals surface area contributed by atoms with Crippen LogP contribution in [0.3, 0.4) is 0 Å². The number of allylic oxidation sites excluding steroid dienone is 1. The largest absolute Gasteiger partial charge is 0.392 e. The van der Waals surface area contributed by atoms with Gasteiger partial charge in [-0.1, -0.05) is 77.5 Å². The number of hydrogen-bond donors (Lipinski definition) is 1. The van der Waals surface area contributed by atoms with Gasteiger partial charge in [0.25, 0.3) is 0 Å². The molecule has 2 rings (SSSR count). The number of hydrogen-bond acceptors (Lipinski definition) is 2. The lowest BCUT2D eigenvalue weighted by atomic mass is 9.85. The van der Waals surface area contributed by atoms with Gasteiger partial charge in [-0.2, -0.15) is 0 Å². The molecule has 1 aromatic carbocycles. The average Bonchev–Trinajstić information content (AvgIpc) is 2.61. The van der Waals surface area contributed by atoms with Crippen LogP contribution in [-0.4, -0.2) is 10.1 Å². The van der Waals surface area contributed by atoms with Crippen LogP contribution in [0.2, 0.25) is 0 Å². The number of benzene rings is 1. The molecule has 2 heteroatoms. The van der Waals surface area contributed by atoms with Crippen LogP contribution in [-0.2, 0) is 6.61 Å². The van der Waals surface area contributed by atoms with Crippen LogP contribution >= 0.6 is 0 Å². The molecule has 140 valence electrons. The average molecular weight is 352 g/mol. The number of aromatic nitrogens is 1. The molecule has 2 aromatic rings. The Kier molecular flexibility index (Phi) is 7.16. The lowest BCUT2D eigenvalue weighted by Gasteiger charge is -2.23. The standard InChI is InChI=1S/C24H33NO/c1-7-8-9-14-20-22(19-13-11-10-12-18(19)6)21(15-26)24(17(4)5)25-23(20)16(2)3/h9-14,16-17,26H,7-8,15H2,1-6H3. The fraction of sp³-hybridized carbons (Fsp3) is 0.458. The molecule has 0 aliphatic carbocycles. The van der Waals surface area contributed by atoms with Crippen molar-refractivity contribution >= 4 is 6.08 Å². The second-order valence-electron chi connectivity index (χ2n) is 7.62. The van der Waals surface area contributed by atoms with Gasteiger partial charge in [0.15, 0.2) is 0 Å². The summed E-state index contributed by atoms with van der Waals surface area (Å²) in [5, 5.41) is 10.3. The fourth-order valence-corrected chi connectivity index (χ4v) is 3.45. The third-order valence-corrected chi connectivity index (χ3v) is 4.80. The highest BCUT2D eigenvalue weighted by Gasteiger charge is 2.22. The second-order valence-corrected chi connectivity index (χ2v) is 7.62. The highest BCUT2D eigenvalue weighted by Crippen LogP contribution is 2.38. The predicted octanol–water partition coefficient (Wildman–Crippen LogP) is 6.61. The van der Waals surface area contributed by atoms with Crippen LogP contribution in [0.25, 0.3) is 17.2 Å². The number of unbranched alkanes of at least 4 members (excludes halogenated alkanes) is 1. The van der Waals surface area contributed by atoms with Gasteiger partial charge >= 0.3 is 0 Å². The molecule has 1 aromatic heterocycles. The SMILES string of the molecule is CCCC=Cc1c(C(C)C)nc(C(C)C)c(CO)c1-c1ccccc1C. The molecule has 0 radical (unpaired) electrons. The van der Waals surface area contributed by atoms with Gasteiger partial charge in [0.1, 0.15) is 0 Å². The molecule has 1 heterocycles. The van der Waals surface area contributed by atoms with E-state index in [9.17, 15) is 5.11 Å². The van der Waals surface area contributed by atoms with Crippen molar-refractivity contribution in [3.8, 4) is 11.1 Å². The number of rotatable bonds is 7. The van der Waals surface area contributed by atoms with E-state index in [1.807, 2.05) is 0 Å². The van der Waals surface area contributed by atoms with Gasteiger partial charge in [-0.05, 0) is 41.9 Å². The molecule has 0 fully saturated rings. The Hall–Kier alpha value is -1.93. The molecule has 0 aliphatic rings. The Bertz CT molecular complexity index is 772. The highest BCUT2D eigenvalue weighted by molar-refractivity contribution is 5.82. The van der Waals surface area contributed by atoms with E-state index in [0.29, 0.717) is 5.92 Å². The van der Waals surface area contributed by atoms with Crippen LogP contribution in [0.4, 0.5) is 0 Å². The molecule has 0 atom stereocenters. The molecule has 0 unspecified atom stereocenters. The third-order valence-electron chi connectivity index (χ3n) is 4.80. The van der Waals surface area contributed by atoms with Crippen LogP contribution in [0.15, 0.2) is 30.3 Å². The molecular formula is C24H33NO. The summed E-state index contributed by atoms with van der Waals surface area (Å²) < 4.78 is 0. The summed E-state index contributed by atoms with van der Waals surface area (Å²) in [7, 11) is 0. The summed E-state index contributed by atoms with van der Waals surface area (Å²) in [6.07, 6.45) is 6.63. The Balaban J connectivity index is 2.92. The Morgan fingerprint density at radius 2 is 1.69 bits per heavy atom. The van der Waals surface area contributed by atoms with Crippen molar-refractivity contribution in [2.24, 2.45) is 0 Å². The summed E-state index contributed by atoms with van der Waals surface area (Å²) in [4.78, 5) is 5.03. The normalized spacial score (nSPS) is 11.9. The molecule has 26 heavy (non-hydrogen) atoms. The Morgan fingerprint density at radius 3 is 2.23 bits per heavy atom. The summed E-state index contributed by atoms with van der Waals surface area (Å²) in [6.45, 7) is 13.0. The second kappa shape index (κ2) is 9.14. The van der Waals surface area contributed by atoms with E-state index in [4.69, 9.17) is 4.98 Å². The van der Waals surface area contributed by atoms with E-state index in [-0.39, 0.29) is 12.5 Å². The molecule has 1 N–H and O–H groups in total. The summed E-state index contributed by atoms with van der Waals surface area (Å²) in [5.74, 6) is 0.593. The zero-order chi connectivity index (χ0) is 19.3. The maximum atomic E-state index is 10.3. The third kappa shape index (κ3) is 4.24. The van der Waals surface area contributed by atoms with Crippen molar-refractivity contribution in [1.82, 2.24) is 4.98 Å². The van der Waals surface area contributed by atoms with Crippen molar-refractivity contribution in [2.75, 3.05) is 0 Å². The predicted molar refractivity (Wildman–Crippen MR) is 112 cm³/mol. The number of pyridine rings is 1. The number of aliphatic hydroxyl groups is 1. The number of nitrogens with zero attached hydrogens (tertiary/aromatic N) is 1. The van der Waals surface area contributed by atoms with Gasteiger partial charge in [0.2, 0.25) is 0 Å². The van der Waals surface area contributed by atoms with Crippen molar-refractivity contribution in [3.63, 3.8) is 0 Å². The Labute approximate surface area is 159 Å². The zero-order valence-electron chi connectivity index (χ0n) is 17.1. The first-order valence-electron chi connectivity index (χ1n) is 9.82. The van der Waals surface area contributed by atoms with E-state index in [1.165, 1.54) is 11.1 Å². The van der Waals surface area contributed by atoms with Crippen LogP contribution in [0.1, 0.15) is 87.4 Å². The first-order chi connectivity index (χ1) is 12.4. The molecule has 0 spiro atoms. The minimum absolute atomic E-state index is 0.0111. The van der Waals surface area contributed by atoms with Gasteiger partial charge in [-0.15, -0.1) is 0 Å². The van der Waals surface area contributed by atoms with E-state index in [1.54, 1.807) is 0 Å². The first-order valence-corrected chi connectivity index (χ1v) is 9.82. The van der Waals surface area contributed by atoms with E-state index < -0.39 is 0 Å². The molecule has 0 aliphatic heterocycles.